The first-order chi connectivity index (χ1) is 9.00. The van der Waals surface area contributed by atoms with Gasteiger partial charge >= 0.3 is 0 Å². The number of hydrogen-bond donors (Lipinski definition) is 1. The zero-order valence-electron chi connectivity index (χ0n) is 11.6. The summed E-state index contributed by atoms with van der Waals surface area (Å²) >= 11 is 0. The maximum atomic E-state index is 12.6. The maximum Gasteiger partial charge on any atom is 0.254 e. The Bertz CT molecular complexity index is 521. The molecule has 1 saturated heterocycles. The zero-order chi connectivity index (χ0) is 13.6. The molecule has 1 N–H and O–H groups in total. The Labute approximate surface area is 114 Å². The molecule has 1 amide bonds. The highest BCUT2D eigenvalue weighted by molar-refractivity contribution is 5.95. The number of aryl methyl sites for hydroxylation is 2. The molecule has 0 radical (unpaired) electrons. The van der Waals surface area contributed by atoms with E-state index < -0.39 is 11.6 Å². The Hall–Kier alpha value is -1.35. The van der Waals surface area contributed by atoms with E-state index in [1.54, 1.807) is 0 Å². The molecule has 102 valence electrons. The number of rotatable bonds is 1. The van der Waals surface area contributed by atoms with Gasteiger partial charge in [-0.1, -0.05) is 6.07 Å². The van der Waals surface area contributed by atoms with E-state index in [9.17, 15) is 9.90 Å². The van der Waals surface area contributed by atoms with Gasteiger partial charge in [-0.25, -0.2) is 0 Å². The lowest BCUT2D eigenvalue weighted by Crippen LogP contribution is -2.48. The fraction of sp³-hybridized carbons (Fsp3) is 0.562. The summed E-state index contributed by atoms with van der Waals surface area (Å²) in [5.74, 6) is 0.0521. The minimum Gasteiger partial charge on any atom is -0.391 e. The van der Waals surface area contributed by atoms with Crippen molar-refractivity contribution >= 4 is 5.91 Å². The fourth-order valence-corrected chi connectivity index (χ4v) is 3.30. The summed E-state index contributed by atoms with van der Waals surface area (Å²) < 4.78 is 0. The van der Waals surface area contributed by atoms with Crippen molar-refractivity contribution in [3.8, 4) is 0 Å². The molecule has 3 rings (SSSR count). The highest BCUT2D eigenvalue weighted by Gasteiger charge is 2.43. The molecule has 19 heavy (non-hydrogen) atoms. The van der Waals surface area contributed by atoms with Crippen molar-refractivity contribution in [2.45, 2.75) is 51.2 Å². The van der Waals surface area contributed by atoms with Gasteiger partial charge in [-0.2, -0.15) is 0 Å². The quantitative estimate of drug-likeness (QED) is 0.839. The van der Waals surface area contributed by atoms with E-state index in [2.05, 4.69) is 6.07 Å². The Kier molecular flexibility index (Phi) is 2.90. The van der Waals surface area contributed by atoms with Crippen LogP contribution in [0.15, 0.2) is 18.2 Å². The number of benzene rings is 1. The number of hydrogen-bond acceptors (Lipinski definition) is 2. The fourth-order valence-electron chi connectivity index (χ4n) is 3.30. The number of aliphatic hydroxyl groups is 1. The second kappa shape index (κ2) is 4.34. The third-order valence-electron chi connectivity index (χ3n) is 4.73. The summed E-state index contributed by atoms with van der Waals surface area (Å²) in [6.45, 7) is 4.52. The third kappa shape index (κ3) is 1.96. The van der Waals surface area contributed by atoms with Crippen LogP contribution in [0.2, 0.25) is 0 Å². The van der Waals surface area contributed by atoms with Crippen LogP contribution in [0.3, 0.4) is 0 Å². The highest BCUT2D eigenvalue weighted by atomic mass is 16.3. The van der Waals surface area contributed by atoms with Crippen LogP contribution in [-0.2, 0) is 12.8 Å². The van der Waals surface area contributed by atoms with Gasteiger partial charge in [-0.15, -0.1) is 0 Å². The zero-order valence-corrected chi connectivity index (χ0v) is 11.6. The largest absolute Gasteiger partial charge is 0.391 e. The topological polar surface area (TPSA) is 40.5 Å². The van der Waals surface area contributed by atoms with E-state index >= 15 is 0 Å². The van der Waals surface area contributed by atoms with E-state index in [-0.39, 0.29) is 5.91 Å². The predicted octanol–water partition coefficient (Wildman–Crippen LogP) is 2.16. The average molecular weight is 259 g/mol. The van der Waals surface area contributed by atoms with Crippen LogP contribution in [0.5, 0.6) is 0 Å². The monoisotopic (exact) mass is 259 g/mol. The van der Waals surface area contributed by atoms with E-state index in [1.165, 1.54) is 17.5 Å². The Morgan fingerprint density at radius 3 is 2.74 bits per heavy atom. The molecule has 0 spiro atoms. The van der Waals surface area contributed by atoms with Crippen LogP contribution in [0.25, 0.3) is 0 Å². The number of carbonyl (C=O) groups excluding carboxylic acids is 1. The van der Waals surface area contributed by atoms with Crippen molar-refractivity contribution < 1.29 is 9.90 Å². The molecule has 1 aromatic rings. The van der Waals surface area contributed by atoms with Crippen molar-refractivity contribution in [3.63, 3.8) is 0 Å². The smallest absolute Gasteiger partial charge is 0.254 e. The normalized spacial score (nSPS) is 24.6. The molecule has 0 aromatic heterocycles. The second-order valence-corrected chi connectivity index (χ2v) is 6.25. The molecule has 1 heterocycles. The molecule has 1 unspecified atom stereocenters. The Morgan fingerprint density at radius 1 is 1.32 bits per heavy atom. The van der Waals surface area contributed by atoms with Gasteiger partial charge in [0.1, 0.15) is 0 Å². The third-order valence-corrected chi connectivity index (χ3v) is 4.73. The lowest BCUT2D eigenvalue weighted by atomic mass is 9.97. The van der Waals surface area contributed by atoms with Crippen molar-refractivity contribution in [1.29, 1.82) is 0 Å². The summed E-state index contributed by atoms with van der Waals surface area (Å²) in [6, 6.07) is 6.08. The van der Waals surface area contributed by atoms with Crippen molar-refractivity contribution in [2.24, 2.45) is 0 Å². The number of fused-ring (bicyclic) bond motifs is 1. The van der Waals surface area contributed by atoms with Gasteiger partial charge in [0.15, 0.2) is 0 Å². The SMILES string of the molecule is CC1(C)C(O)CCN1C(=O)c1ccc2c(c1)CCC2. The van der Waals surface area contributed by atoms with Crippen LogP contribution < -0.4 is 0 Å². The standard InChI is InChI=1S/C16H21NO2/c1-16(2)14(18)8-9-17(16)15(19)13-7-6-11-4-3-5-12(11)10-13/h6-7,10,14,18H,3-5,8-9H2,1-2H3. The summed E-state index contributed by atoms with van der Waals surface area (Å²) in [5, 5.41) is 9.98. The summed E-state index contributed by atoms with van der Waals surface area (Å²) in [4.78, 5) is 14.4. The van der Waals surface area contributed by atoms with Crippen LogP contribution in [0, 0.1) is 0 Å². The van der Waals surface area contributed by atoms with Gasteiger partial charge in [-0.3, -0.25) is 4.79 Å². The van der Waals surface area contributed by atoms with Crippen LogP contribution in [0.1, 0.15) is 48.2 Å². The lowest BCUT2D eigenvalue weighted by Gasteiger charge is -2.34. The van der Waals surface area contributed by atoms with Gasteiger partial charge in [0.05, 0.1) is 11.6 Å². The van der Waals surface area contributed by atoms with Gasteiger partial charge in [0.25, 0.3) is 5.91 Å². The first-order valence-electron chi connectivity index (χ1n) is 7.12. The maximum absolute atomic E-state index is 12.6. The predicted molar refractivity (Wildman–Crippen MR) is 74.2 cm³/mol. The summed E-state index contributed by atoms with van der Waals surface area (Å²) in [6.07, 6.45) is 3.66. The molecule has 1 aromatic carbocycles. The first-order valence-corrected chi connectivity index (χ1v) is 7.12. The Morgan fingerprint density at radius 2 is 2.05 bits per heavy atom. The number of amides is 1. The molecule has 1 fully saturated rings. The number of likely N-dealkylation sites (tertiary alicyclic amines) is 1. The molecule has 2 aliphatic rings. The van der Waals surface area contributed by atoms with Crippen LogP contribution in [0.4, 0.5) is 0 Å². The second-order valence-electron chi connectivity index (χ2n) is 6.25. The highest BCUT2D eigenvalue weighted by Crippen LogP contribution is 2.31. The molecular formula is C16H21NO2. The van der Waals surface area contributed by atoms with Crippen molar-refractivity contribution in [3.05, 3.63) is 34.9 Å². The van der Waals surface area contributed by atoms with Gasteiger partial charge in [-0.05, 0) is 62.8 Å². The van der Waals surface area contributed by atoms with Crippen molar-refractivity contribution in [2.75, 3.05) is 6.54 Å². The van der Waals surface area contributed by atoms with Gasteiger partial charge in [0, 0.05) is 12.1 Å². The molecule has 1 aliphatic heterocycles. The molecule has 0 bridgehead atoms. The minimum absolute atomic E-state index is 0.0521. The molecular weight excluding hydrogens is 238 g/mol. The molecule has 1 atom stereocenters. The molecule has 1 aliphatic carbocycles. The molecule has 3 nitrogen and oxygen atoms in total. The van der Waals surface area contributed by atoms with Crippen molar-refractivity contribution in [1.82, 2.24) is 4.90 Å². The van der Waals surface area contributed by atoms with E-state index in [0.29, 0.717) is 13.0 Å². The van der Waals surface area contributed by atoms with Crippen LogP contribution in [-0.4, -0.2) is 34.1 Å². The molecule has 3 heteroatoms. The van der Waals surface area contributed by atoms with Gasteiger partial charge < -0.3 is 10.0 Å². The molecule has 0 saturated carbocycles. The lowest BCUT2D eigenvalue weighted by molar-refractivity contribution is 0.0394. The minimum atomic E-state index is -0.462. The number of carbonyl (C=O) groups is 1. The van der Waals surface area contributed by atoms with E-state index in [0.717, 1.165) is 18.4 Å². The number of nitrogens with zero attached hydrogens (tertiary/aromatic N) is 1. The first kappa shape index (κ1) is 12.7. The summed E-state index contributed by atoms with van der Waals surface area (Å²) in [5.41, 5.74) is 3.01. The van der Waals surface area contributed by atoms with E-state index in [1.807, 2.05) is 30.9 Å². The van der Waals surface area contributed by atoms with E-state index in [4.69, 9.17) is 0 Å². The summed E-state index contributed by atoms with van der Waals surface area (Å²) in [7, 11) is 0. The number of aliphatic hydroxyl groups excluding tert-OH is 1. The Balaban J connectivity index is 1.89. The van der Waals surface area contributed by atoms with Crippen LogP contribution >= 0.6 is 0 Å². The average Bonchev–Trinajstić information content (AvgIpc) is 2.94. The van der Waals surface area contributed by atoms with Gasteiger partial charge in [0.2, 0.25) is 0 Å².